The minimum Gasteiger partial charge on any atom is -0.444 e. The molecule has 0 aliphatic carbocycles. The van der Waals surface area contributed by atoms with Crippen molar-refractivity contribution in [2.75, 3.05) is 6.54 Å². The minimum atomic E-state index is -0.490. The zero-order valence-electron chi connectivity index (χ0n) is 13.4. The van der Waals surface area contributed by atoms with Gasteiger partial charge in [0.1, 0.15) is 5.60 Å². The Hall–Kier alpha value is -1.55. The Bertz CT molecular complexity index is 508. The van der Waals surface area contributed by atoms with Crippen molar-refractivity contribution < 1.29 is 9.53 Å². The van der Waals surface area contributed by atoms with Crippen molar-refractivity contribution in [3.8, 4) is 0 Å². The predicted octanol–water partition coefficient (Wildman–Crippen LogP) is 3.39. The summed E-state index contributed by atoms with van der Waals surface area (Å²) in [5.74, 6) is 0. The first-order chi connectivity index (χ1) is 9.78. The highest BCUT2D eigenvalue weighted by atomic mass is 16.6. The molecule has 2 atom stereocenters. The number of carbonyl (C=O) groups is 1. The molecule has 116 valence electrons. The monoisotopic (exact) mass is 290 g/mol. The first-order valence-corrected chi connectivity index (χ1v) is 7.60. The maximum atomic E-state index is 12.5. The summed E-state index contributed by atoms with van der Waals surface area (Å²) in [7, 11) is 0. The summed E-state index contributed by atoms with van der Waals surface area (Å²) in [6.45, 7) is 8.40. The number of aryl methyl sites for hydroxylation is 1. The lowest BCUT2D eigenvalue weighted by Crippen LogP contribution is -2.49. The highest BCUT2D eigenvalue weighted by Crippen LogP contribution is 2.31. The van der Waals surface area contributed by atoms with Crippen LogP contribution in [0.2, 0.25) is 0 Å². The highest BCUT2D eigenvalue weighted by Gasteiger charge is 2.35. The van der Waals surface area contributed by atoms with Crippen molar-refractivity contribution in [3.05, 3.63) is 35.4 Å². The summed E-state index contributed by atoms with van der Waals surface area (Å²) >= 11 is 0. The summed E-state index contributed by atoms with van der Waals surface area (Å²) in [5.41, 5.74) is 8.08. The largest absolute Gasteiger partial charge is 0.444 e. The maximum Gasteiger partial charge on any atom is 0.410 e. The van der Waals surface area contributed by atoms with Crippen LogP contribution < -0.4 is 5.73 Å². The predicted molar refractivity (Wildman–Crippen MR) is 84.1 cm³/mol. The van der Waals surface area contributed by atoms with E-state index in [2.05, 4.69) is 19.1 Å². The molecular formula is C17H26N2O2. The fourth-order valence-electron chi connectivity index (χ4n) is 2.83. The number of carbonyl (C=O) groups excluding carboxylic acids is 1. The molecule has 4 heteroatoms. The Morgan fingerprint density at radius 2 is 2.10 bits per heavy atom. The van der Waals surface area contributed by atoms with Gasteiger partial charge in [0.15, 0.2) is 0 Å². The first-order valence-electron chi connectivity index (χ1n) is 7.60. The Morgan fingerprint density at radius 3 is 2.71 bits per heavy atom. The second kappa shape index (κ2) is 6.06. The second-order valence-electron chi connectivity index (χ2n) is 6.84. The highest BCUT2D eigenvalue weighted by molar-refractivity contribution is 5.69. The van der Waals surface area contributed by atoms with Gasteiger partial charge in [-0.25, -0.2) is 4.79 Å². The number of nitrogens with zero attached hydrogens (tertiary/aromatic N) is 1. The Balaban J connectivity index is 2.27. The quantitative estimate of drug-likeness (QED) is 0.862. The van der Waals surface area contributed by atoms with Gasteiger partial charge in [-0.15, -0.1) is 0 Å². The third-order valence-corrected chi connectivity index (χ3v) is 3.69. The summed E-state index contributed by atoms with van der Waals surface area (Å²) in [4.78, 5) is 14.3. The fraction of sp³-hybridized carbons (Fsp3) is 0.588. The van der Waals surface area contributed by atoms with Crippen molar-refractivity contribution in [2.45, 2.75) is 58.2 Å². The van der Waals surface area contributed by atoms with Gasteiger partial charge in [-0.05, 0) is 46.1 Å². The average Bonchev–Trinajstić information content (AvgIpc) is 2.36. The molecule has 2 unspecified atom stereocenters. The molecule has 21 heavy (non-hydrogen) atoms. The molecule has 1 fully saturated rings. The van der Waals surface area contributed by atoms with E-state index in [9.17, 15) is 4.79 Å². The van der Waals surface area contributed by atoms with E-state index < -0.39 is 5.60 Å². The van der Waals surface area contributed by atoms with Gasteiger partial charge < -0.3 is 10.5 Å². The van der Waals surface area contributed by atoms with Crippen LogP contribution in [-0.4, -0.2) is 29.2 Å². The van der Waals surface area contributed by atoms with Crippen LogP contribution in [0.4, 0.5) is 4.79 Å². The standard InChI is InChI=1S/C17H26N2O2/c1-12-7-5-8-13(11-12)15-14(18)9-6-10-19(15)16(20)21-17(2,3)4/h5,7-8,11,14-15H,6,9-10,18H2,1-4H3. The molecule has 0 saturated carbocycles. The Morgan fingerprint density at radius 1 is 1.38 bits per heavy atom. The normalized spacial score (nSPS) is 23.0. The van der Waals surface area contributed by atoms with E-state index in [-0.39, 0.29) is 18.2 Å². The van der Waals surface area contributed by atoms with E-state index in [0.717, 1.165) is 18.4 Å². The van der Waals surface area contributed by atoms with Gasteiger partial charge in [0, 0.05) is 12.6 Å². The molecule has 0 spiro atoms. The molecular weight excluding hydrogens is 264 g/mol. The molecule has 4 nitrogen and oxygen atoms in total. The summed E-state index contributed by atoms with van der Waals surface area (Å²) in [6.07, 6.45) is 1.57. The molecule has 0 aromatic heterocycles. The van der Waals surface area contributed by atoms with Crippen LogP contribution in [0.5, 0.6) is 0 Å². The van der Waals surface area contributed by atoms with Crippen molar-refractivity contribution in [1.29, 1.82) is 0 Å². The van der Waals surface area contributed by atoms with Gasteiger partial charge in [0.2, 0.25) is 0 Å². The molecule has 1 aliphatic heterocycles. The average molecular weight is 290 g/mol. The molecule has 0 radical (unpaired) electrons. The molecule has 0 bridgehead atoms. The summed E-state index contributed by atoms with van der Waals surface area (Å²) in [6, 6.07) is 8.06. The number of likely N-dealkylation sites (tertiary alicyclic amines) is 1. The summed E-state index contributed by atoms with van der Waals surface area (Å²) < 4.78 is 5.54. The van der Waals surface area contributed by atoms with Gasteiger partial charge in [0.25, 0.3) is 0 Å². The maximum absolute atomic E-state index is 12.5. The van der Waals surface area contributed by atoms with Crippen LogP contribution in [0, 0.1) is 6.92 Å². The summed E-state index contributed by atoms with van der Waals surface area (Å²) in [5, 5.41) is 0. The van der Waals surface area contributed by atoms with Crippen molar-refractivity contribution in [2.24, 2.45) is 5.73 Å². The van der Waals surface area contributed by atoms with Crippen LogP contribution in [0.15, 0.2) is 24.3 Å². The topological polar surface area (TPSA) is 55.6 Å². The molecule has 1 aromatic carbocycles. The molecule has 1 heterocycles. The number of amides is 1. The van der Waals surface area contributed by atoms with E-state index in [1.165, 1.54) is 5.56 Å². The van der Waals surface area contributed by atoms with E-state index in [1.54, 1.807) is 4.90 Å². The zero-order valence-corrected chi connectivity index (χ0v) is 13.4. The molecule has 2 rings (SSSR count). The van der Waals surface area contributed by atoms with Gasteiger partial charge >= 0.3 is 6.09 Å². The molecule has 1 saturated heterocycles. The molecule has 1 aliphatic rings. The van der Waals surface area contributed by atoms with Crippen molar-refractivity contribution >= 4 is 6.09 Å². The Labute approximate surface area is 127 Å². The van der Waals surface area contributed by atoms with Crippen LogP contribution in [-0.2, 0) is 4.74 Å². The van der Waals surface area contributed by atoms with Crippen LogP contribution in [0.1, 0.15) is 50.8 Å². The number of benzene rings is 1. The van der Waals surface area contributed by atoms with E-state index in [0.29, 0.717) is 6.54 Å². The SMILES string of the molecule is Cc1cccc(C2C(N)CCCN2C(=O)OC(C)(C)C)c1. The zero-order chi connectivity index (χ0) is 15.6. The molecule has 1 aromatic rings. The number of nitrogens with two attached hydrogens (primary N) is 1. The second-order valence-corrected chi connectivity index (χ2v) is 6.84. The fourth-order valence-corrected chi connectivity index (χ4v) is 2.83. The van der Waals surface area contributed by atoms with Gasteiger partial charge in [0.05, 0.1) is 6.04 Å². The number of piperidine rings is 1. The molecule has 2 N–H and O–H groups in total. The van der Waals surface area contributed by atoms with Crippen LogP contribution in [0.3, 0.4) is 0 Å². The van der Waals surface area contributed by atoms with E-state index in [1.807, 2.05) is 32.9 Å². The number of ether oxygens (including phenoxy) is 1. The minimum absolute atomic E-state index is 0.0481. The smallest absolute Gasteiger partial charge is 0.410 e. The van der Waals surface area contributed by atoms with E-state index >= 15 is 0 Å². The van der Waals surface area contributed by atoms with Crippen LogP contribution >= 0.6 is 0 Å². The van der Waals surface area contributed by atoms with Gasteiger partial charge in [-0.3, -0.25) is 4.90 Å². The third-order valence-electron chi connectivity index (χ3n) is 3.69. The number of hydrogen-bond donors (Lipinski definition) is 1. The van der Waals surface area contributed by atoms with E-state index in [4.69, 9.17) is 10.5 Å². The van der Waals surface area contributed by atoms with Gasteiger partial charge in [-0.2, -0.15) is 0 Å². The Kier molecular flexibility index (Phi) is 4.57. The third kappa shape index (κ3) is 3.97. The first kappa shape index (κ1) is 15.8. The lowest BCUT2D eigenvalue weighted by molar-refractivity contribution is 0.00645. The van der Waals surface area contributed by atoms with Crippen LogP contribution in [0.25, 0.3) is 0 Å². The van der Waals surface area contributed by atoms with Gasteiger partial charge in [-0.1, -0.05) is 29.8 Å². The van der Waals surface area contributed by atoms with Crippen molar-refractivity contribution in [1.82, 2.24) is 4.90 Å². The molecule has 1 amide bonds. The van der Waals surface area contributed by atoms with Crippen molar-refractivity contribution in [3.63, 3.8) is 0 Å². The number of rotatable bonds is 1. The number of hydrogen-bond acceptors (Lipinski definition) is 3. The lowest BCUT2D eigenvalue weighted by Gasteiger charge is -2.40. The lowest BCUT2D eigenvalue weighted by atomic mass is 9.90.